The van der Waals surface area contributed by atoms with Crippen molar-refractivity contribution in [3.8, 4) is 0 Å². The Morgan fingerprint density at radius 1 is 0.609 bits per heavy atom. The lowest BCUT2D eigenvalue weighted by Gasteiger charge is -2.09. The summed E-state index contributed by atoms with van der Waals surface area (Å²) >= 11 is 0. The van der Waals surface area contributed by atoms with Gasteiger partial charge < -0.3 is 0 Å². The quantitative estimate of drug-likeness (QED) is 0.534. The molecule has 0 aliphatic carbocycles. The maximum Gasteiger partial charge on any atom is 0.0705 e. The highest BCUT2D eigenvalue weighted by Gasteiger charge is 2.14. The van der Waals surface area contributed by atoms with Gasteiger partial charge in [-0.1, -0.05) is 78.9 Å². The molecule has 110 valence electrons. The Balaban J connectivity index is 1.87. The van der Waals surface area contributed by atoms with E-state index in [2.05, 4.69) is 78.9 Å². The second kappa shape index (κ2) is 6.05. The topological polar surface area (TPSA) is 12.4 Å². The molecule has 0 saturated heterocycles. The van der Waals surface area contributed by atoms with Gasteiger partial charge in [-0.3, -0.25) is 4.99 Å². The average Bonchev–Trinajstić information content (AvgIpc) is 2.83. The minimum absolute atomic E-state index is 0.836. The first kappa shape index (κ1) is 13.7. The van der Waals surface area contributed by atoms with Crippen LogP contribution in [0.2, 0.25) is 0 Å². The fraction of sp³-hybridized carbons (Fsp3) is 0.0455. The second-order valence-corrected chi connectivity index (χ2v) is 5.70. The largest absolute Gasteiger partial charge is 0.252 e. The summed E-state index contributed by atoms with van der Waals surface area (Å²) < 4.78 is 0. The van der Waals surface area contributed by atoms with Crippen LogP contribution >= 0.6 is 0 Å². The molecule has 4 rings (SSSR count). The smallest absolute Gasteiger partial charge is 0.0705 e. The van der Waals surface area contributed by atoms with Gasteiger partial charge in [-0.05, 0) is 28.8 Å². The molecular weight excluding hydrogens is 280 g/mol. The van der Waals surface area contributed by atoms with Gasteiger partial charge in [-0.2, -0.15) is 0 Å². The molecule has 0 N–H and O–H groups in total. The van der Waals surface area contributed by atoms with E-state index in [0.29, 0.717) is 0 Å². The summed E-state index contributed by atoms with van der Waals surface area (Å²) in [4.78, 5) is 4.95. The summed E-state index contributed by atoms with van der Waals surface area (Å²) in [7, 11) is 0. The van der Waals surface area contributed by atoms with Gasteiger partial charge in [-0.25, -0.2) is 0 Å². The zero-order chi connectivity index (χ0) is 15.5. The van der Waals surface area contributed by atoms with Gasteiger partial charge in [0.15, 0.2) is 0 Å². The van der Waals surface area contributed by atoms with Crippen molar-refractivity contribution in [3.63, 3.8) is 0 Å². The van der Waals surface area contributed by atoms with E-state index in [-0.39, 0.29) is 0 Å². The Kier molecular flexibility index (Phi) is 3.61. The van der Waals surface area contributed by atoms with Crippen LogP contribution in [-0.2, 0) is 0 Å². The monoisotopic (exact) mass is 297 g/mol. The molecule has 0 radical (unpaired) electrons. The van der Waals surface area contributed by atoms with E-state index in [0.717, 1.165) is 17.8 Å². The molecule has 0 atom stereocenters. The molecule has 0 saturated carbocycles. The predicted molar refractivity (Wildman–Crippen MR) is 98.0 cm³/mol. The van der Waals surface area contributed by atoms with E-state index >= 15 is 0 Å². The molecule has 1 aliphatic heterocycles. The van der Waals surface area contributed by atoms with Crippen LogP contribution in [0.3, 0.4) is 0 Å². The first-order valence-electron chi connectivity index (χ1n) is 7.88. The number of nitrogens with zero attached hydrogens (tertiary/aromatic N) is 1. The molecule has 0 aromatic heterocycles. The number of rotatable bonds is 2. The molecule has 3 aromatic carbocycles. The van der Waals surface area contributed by atoms with E-state index in [4.69, 9.17) is 4.99 Å². The minimum atomic E-state index is 0.836. The van der Waals surface area contributed by atoms with Crippen LogP contribution in [0.25, 0.3) is 11.6 Å². The van der Waals surface area contributed by atoms with Gasteiger partial charge in [0.1, 0.15) is 0 Å². The van der Waals surface area contributed by atoms with E-state index in [9.17, 15) is 0 Å². The zero-order valence-electron chi connectivity index (χ0n) is 12.8. The third-order valence-electron chi connectivity index (χ3n) is 4.13. The average molecular weight is 297 g/mol. The maximum absolute atomic E-state index is 4.95. The predicted octanol–water partition coefficient (Wildman–Crippen LogP) is 5.75. The van der Waals surface area contributed by atoms with Gasteiger partial charge in [0, 0.05) is 12.0 Å². The van der Waals surface area contributed by atoms with Crippen molar-refractivity contribution in [2.24, 2.45) is 4.99 Å². The molecule has 0 bridgehead atoms. The molecule has 0 unspecified atom stereocenters. The number of para-hydroxylation sites is 1. The summed E-state index contributed by atoms with van der Waals surface area (Å²) in [5.41, 5.74) is 7.08. The van der Waals surface area contributed by atoms with Crippen LogP contribution < -0.4 is 0 Å². The normalized spacial score (nSPS) is 13.6. The molecule has 3 aromatic rings. The van der Waals surface area contributed by atoms with Crippen molar-refractivity contribution in [2.75, 3.05) is 0 Å². The maximum atomic E-state index is 4.95. The van der Waals surface area contributed by atoms with Gasteiger partial charge in [-0.15, -0.1) is 0 Å². The first-order valence-corrected chi connectivity index (χ1v) is 7.88. The number of aliphatic imine (C=N–C) groups is 1. The van der Waals surface area contributed by atoms with Gasteiger partial charge in [0.05, 0.1) is 11.4 Å². The van der Waals surface area contributed by atoms with Crippen molar-refractivity contribution in [1.82, 2.24) is 0 Å². The molecule has 0 fully saturated rings. The van der Waals surface area contributed by atoms with Crippen LogP contribution in [0.4, 0.5) is 5.69 Å². The third kappa shape index (κ3) is 2.86. The number of benzene rings is 3. The lowest BCUT2D eigenvalue weighted by Crippen LogP contribution is -2.01. The fourth-order valence-electron chi connectivity index (χ4n) is 2.95. The van der Waals surface area contributed by atoms with E-state index in [1.807, 2.05) is 12.1 Å². The number of fused-ring (bicyclic) bond motifs is 1. The van der Waals surface area contributed by atoms with Crippen molar-refractivity contribution in [3.05, 3.63) is 102 Å². The van der Waals surface area contributed by atoms with Crippen LogP contribution in [0.1, 0.15) is 23.1 Å². The molecule has 1 aliphatic rings. The number of allylic oxidation sites excluding steroid dienone is 1. The van der Waals surface area contributed by atoms with Gasteiger partial charge in [0.25, 0.3) is 0 Å². The van der Waals surface area contributed by atoms with Crippen LogP contribution in [0.5, 0.6) is 0 Å². The standard InChI is InChI=1S/C22H17N/c1-3-9-17(10-4-1)20-15-19-13-7-8-14-21(19)23-22(16-20)18-11-5-2-6-12-18/h1-15H,16H2/i15+1,16+1. The molecule has 0 amide bonds. The summed E-state index contributed by atoms with van der Waals surface area (Å²) in [6.07, 6.45) is 3.10. The van der Waals surface area contributed by atoms with Gasteiger partial charge in [0.2, 0.25) is 0 Å². The van der Waals surface area contributed by atoms with Crippen molar-refractivity contribution >= 4 is 23.0 Å². The minimum Gasteiger partial charge on any atom is -0.252 e. The van der Waals surface area contributed by atoms with Crippen LogP contribution in [0, 0.1) is 0 Å². The van der Waals surface area contributed by atoms with E-state index < -0.39 is 0 Å². The first-order chi connectivity index (χ1) is 11.4. The molecule has 23 heavy (non-hydrogen) atoms. The Morgan fingerprint density at radius 2 is 1.22 bits per heavy atom. The van der Waals surface area contributed by atoms with Crippen LogP contribution in [-0.4, -0.2) is 5.71 Å². The highest BCUT2D eigenvalue weighted by molar-refractivity contribution is 6.11. The fourth-order valence-corrected chi connectivity index (χ4v) is 2.95. The van der Waals surface area contributed by atoms with Crippen molar-refractivity contribution in [1.29, 1.82) is 0 Å². The molecule has 1 heterocycles. The van der Waals surface area contributed by atoms with Crippen LogP contribution in [0.15, 0.2) is 89.9 Å². The number of hydrogen-bond donors (Lipinski definition) is 0. The Bertz CT molecular complexity index is 800. The highest BCUT2D eigenvalue weighted by atomic mass is 14.8. The highest BCUT2D eigenvalue weighted by Crippen LogP contribution is 2.32. The molecule has 0 spiro atoms. The van der Waals surface area contributed by atoms with E-state index in [1.165, 1.54) is 22.3 Å². The summed E-state index contributed by atoms with van der Waals surface area (Å²) in [5, 5.41) is 0. The third-order valence-corrected chi connectivity index (χ3v) is 4.13. The Labute approximate surface area is 136 Å². The Hall–Kier alpha value is -2.93. The lowest BCUT2D eigenvalue weighted by molar-refractivity contribution is 1.41. The number of hydrogen-bond acceptors (Lipinski definition) is 1. The SMILES string of the molecule is c1ccc(C2=[13CH]c3ccccc3N=C(c3ccccc3)[13CH2]2)cc1. The summed E-state index contributed by atoms with van der Waals surface area (Å²) in [6.45, 7) is 0. The zero-order valence-corrected chi connectivity index (χ0v) is 12.8. The van der Waals surface area contributed by atoms with Crippen molar-refractivity contribution < 1.29 is 0 Å². The van der Waals surface area contributed by atoms with Crippen molar-refractivity contribution in [2.45, 2.75) is 6.42 Å². The molecular formula is C22H17N. The van der Waals surface area contributed by atoms with Gasteiger partial charge >= 0.3 is 0 Å². The molecule has 1 nitrogen and oxygen atoms in total. The second-order valence-electron chi connectivity index (χ2n) is 5.70. The summed E-state index contributed by atoms with van der Waals surface area (Å²) in [5.74, 6) is 0. The summed E-state index contributed by atoms with van der Waals surface area (Å²) in [6, 6.07) is 29.4. The lowest BCUT2D eigenvalue weighted by atomic mass is 10.1. The Morgan fingerprint density at radius 3 is 1.96 bits per heavy atom. The molecule has 1 heteroatoms. The van der Waals surface area contributed by atoms with E-state index in [1.54, 1.807) is 0 Å².